The number of nitrogens with two attached hydrogens (primary N) is 1. The van der Waals surface area contributed by atoms with Crippen LogP contribution < -0.4 is 10.5 Å². The highest BCUT2D eigenvalue weighted by Gasteiger charge is 2.57. The Kier molecular flexibility index (Phi) is 3.05. The van der Waals surface area contributed by atoms with Gasteiger partial charge in [-0.1, -0.05) is 26.0 Å². The lowest BCUT2D eigenvalue weighted by Gasteiger charge is -2.09. The van der Waals surface area contributed by atoms with Crippen molar-refractivity contribution in [2.45, 2.75) is 26.1 Å². The highest BCUT2D eigenvalue weighted by molar-refractivity contribution is 5.36. The fraction of sp³-hybridized carbons (Fsp3) is 0.538. The molecule has 2 N–H and O–H groups in total. The molecule has 0 aliphatic heterocycles. The minimum atomic E-state index is -4.64. The Morgan fingerprint density at radius 3 is 2.17 bits per heavy atom. The van der Waals surface area contributed by atoms with Crippen LogP contribution in [0.1, 0.15) is 25.3 Å². The first-order valence-corrected chi connectivity index (χ1v) is 5.81. The molecular weight excluding hydrogens is 243 g/mol. The number of hydrogen-bond donors (Lipinski definition) is 1. The van der Waals surface area contributed by atoms with Crippen LogP contribution in [0.3, 0.4) is 0 Å². The maximum atomic E-state index is 12.0. The summed E-state index contributed by atoms with van der Waals surface area (Å²) < 4.78 is 39.9. The van der Waals surface area contributed by atoms with Gasteiger partial charge < -0.3 is 10.5 Å². The summed E-state index contributed by atoms with van der Waals surface area (Å²) in [5.41, 5.74) is 6.82. The summed E-state index contributed by atoms with van der Waals surface area (Å²) in [6, 6.07) is 6.07. The van der Waals surface area contributed by atoms with Crippen molar-refractivity contribution >= 4 is 0 Å². The zero-order chi connectivity index (χ0) is 13.6. The first kappa shape index (κ1) is 13.2. The SMILES string of the molecule is CC1(C)C(CN)C1c1ccc(OC(F)(F)F)cc1. The predicted molar refractivity (Wildman–Crippen MR) is 62.2 cm³/mol. The van der Waals surface area contributed by atoms with Crippen molar-refractivity contribution in [3.8, 4) is 5.75 Å². The molecule has 1 fully saturated rings. The molecule has 5 heteroatoms. The minimum absolute atomic E-state index is 0.126. The Morgan fingerprint density at radius 2 is 1.78 bits per heavy atom. The van der Waals surface area contributed by atoms with Gasteiger partial charge in [0, 0.05) is 0 Å². The van der Waals surface area contributed by atoms with Gasteiger partial charge in [-0.15, -0.1) is 13.2 Å². The Labute approximate surface area is 104 Å². The summed E-state index contributed by atoms with van der Waals surface area (Å²) in [6.07, 6.45) is -4.64. The number of benzene rings is 1. The van der Waals surface area contributed by atoms with Crippen LogP contribution in [0.5, 0.6) is 5.75 Å². The van der Waals surface area contributed by atoms with Crippen molar-refractivity contribution in [1.82, 2.24) is 0 Å². The Hall–Kier alpha value is -1.23. The second kappa shape index (κ2) is 4.16. The van der Waals surface area contributed by atoms with Crippen molar-refractivity contribution in [1.29, 1.82) is 0 Å². The van der Waals surface area contributed by atoms with Crippen LogP contribution in [0.15, 0.2) is 24.3 Å². The van der Waals surface area contributed by atoms with Crippen molar-refractivity contribution in [2.75, 3.05) is 6.54 Å². The molecule has 0 saturated heterocycles. The topological polar surface area (TPSA) is 35.2 Å². The highest BCUT2D eigenvalue weighted by atomic mass is 19.4. The molecule has 2 unspecified atom stereocenters. The standard InChI is InChI=1S/C13H16F3NO/c1-12(2)10(7-17)11(12)8-3-5-9(6-4-8)18-13(14,15)16/h3-6,10-11H,7,17H2,1-2H3. The summed E-state index contributed by atoms with van der Waals surface area (Å²) in [4.78, 5) is 0. The predicted octanol–water partition coefficient (Wildman–Crippen LogP) is 3.28. The molecule has 2 rings (SSSR count). The Balaban J connectivity index is 2.10. The first-order chi connectivity index (χ1) is 8.25. The van der Waals surface area contributed by atoms with E-state index in [2.05, 4.69) is 18.6 Å². The molecule has 18 heavy (non-hydrogen) atoms. The van der Waals surface area contributed by atoms with E-state index in [9.17, 15) is 13.2 Å². The number of rotatable bonds is 3. The average Bonchev–Trinajstić information content (AvgIpc) is 2.79. The molecule has 2 nitrogen and oxygen atoms in total. The van der Waals surface area contributed by atoms with Crippen LogP contribution in [-0.2, 0) is 0 Å². The molecule has 0 spiro atoms. The summed E-state index contributed by atoms with van der Waals surface area (Å²) in [5, 5.41) is 0. The van der Waals surface area contributed by atoms with Crippen molar-refractivity contribution < 1.29 is 17.9 Å². The molecule has 1 aliphatic carbocycles. The van der Waals surface area contributed by atoms with Crippen molar-refractivity contribution in [3.63, 3.8) is 0 Å². The van der Waals surface area contributed by atoms with Gasteiger partial charge in [0.15, 0.2) is 0 Å². The lowest BCUT2D eigenvalue weighted by atomic mass is 10.0. The number of ether oxygens (including phenoxy) is 1. The Morgan fingerprint density at radius 1 is 1.22 bits per heavy atom. The van der Waals surface area contributed by atoms with Crippen LogP contribution in [0.4, 0.5) is 13.2 Å². The van der Waals surface area contributed by atoms with Crippen LogP contribution >= 0.6 is 0 Å². The molecule has 0 amide bonds. The molecular formula is C13H16F3NO. The van der Waals surface area contributed by atoms with Gasteiger partial charge in [0.25, 0.3) is 0 Å². The fourth-order valence-electron chi connectivity index (χ4n) is 2.72. The largest absolute Gasteiger partial charge is 0.573 e. The third-order valence-corrected chi connectivity index (χ3v) is 3.78. The van der Waals surface area contributed by atoms with Gasteiger partial charge in [0.1, 0.15) is 5.75 Å². The van der Waals surface area contributed by atoms with E-state index in [4.69, 9.17) is 5.73 Å². The highest BCUT2D eigenvalue weighted by Crippen LogP contribution is 2.63. The summed E-state index contributed by atoms with van der Waals surface area (Å²) in [7, 11) is 0. The van der Waals surface area contributed by atoms with Crippen molar-refractivity contribution in [3.05, 3.63) is 29.8 Å². The van der Waals surface area contributed by atoms with Crippen LogP contribution in [0.25, 0.3) is 0 Å². The fourth-order valence-corrected chi connectivity index (χ4v) is 2.72. The molecule has 0 radical (unpaired) electrons. The van der Waals surface area contributed by atoms with Gasteiger partial charge >= 0.3 is 6.36 Å². The van der Waals surface area contributed by atoms with Gasteiger partial charge in [0.2, 0.25) is 0 Å². The number of hydrogen-bond acceptors (Lipinski definition) is 2. The lowest BCUT2D eigenvalue weighted by Crippen LogP contribution is -2.17. The van der Waals surface area contributed by atoms with E-state index in [0.717, 1.165) is 5.56 Å². The van der Waals surface area contributed by atoms with E-state index in [1.54, 1.807) is 12.1 Å². The molecule has 1 aromatic rings. The zero-order valence-corrected chi connectivity index (χ0v) is 10.3. The molecule has 100 valence electrons. The van der Waals surface area contributed by atoms with Crippen LogP contribution in [0, 0.1) is 11.3 Å². The second-order valence-corrected chi connectivity index (χ2v) is 5.26. The minimum Gasteiger partial charge on any atom is -0.406 e. The molecule has 1 aromatic carbocycles. The maximum Gasteiger partial charge on any atom is 0.573 e. The van der Waals surface area contributed by atoms with E-state index >= 15 is 0 Å². The van der Waals surface area contributed by atoms with Gasteiger partial charge in [-0.25, -0.2) is 0 Å². The summed E-state index contributed by atoms with van der Waals surface area (Å²) >= 11 is 0. The van der Waals surface area contributed by atoms with Crippen LogP contribution in [-0.4, -0.2) is 12.9 Å². The number of halogens is 3. The van der Waals surface area contributed by atoms with E-state index in [-0.39, 0.29) is 11.2 Å². The molecule has 0 heterocycles. The molecule has 2 atom stereocenters. The van der Waals surface area contributed by atoms with Gasteiger partial charge in [-0.2, -0.15) is 0 Å². The number of alkyl halides is 3. The second-order valence-electron chi connectivity index (χ2n) is 5.26. The normalized spacial score (nSPS) is 25.9. The first-order valence-electron chi connectivity index (χ1n) is 5.81. The van der Waals surface area contributed by atoms with Gasteiger partial charge in [-0.3, -0.25) is 0 Å². The molecule has 0 aromatic heterocycles. The van der Waals surface area contributed by atoms with E-state index < -0.39 is 6.36 Å². The van der Waals surface area contributed by atoms with Gasteiger partial charge in [0.05, 0.1) is 0 Å². The molecule has 0 bridgehead atoms. The monoisotopic (exact) mass is 259 g/mol. The maximum absolute atomic E-state index is 12.0. The summed E-state index contributed by atoms with van der Waals surface area (Å²) in [6.45, 7) is 4.84. The Bertz CT molecular complexity index is 425. The smallest absolute Gasteiger partial charge is 0.406 e. The average molecular weight is 259 g/mol. The molecule has 1 aliphatic rings. The molecule has 1 saturated carbocycles. The lowest BCUT2D eigenvalue weighted by molar-refractivity contribution is -0.274. The third-order valence-electron chi connectivity index (χ3n) is 3.78. The van der Waals surface area contributed by atoms with Crippen molar-refractivity contribution in [2.24, 2.45) is 17.1 Å². The van der Waals surface area contributed by atoms with Gasteiger partial charge in [-0.05, 0) is 41.5 Å². The van der Waals surface area contributed by atoms with E-state index in [0.29, 0.717) is 18.4 Å². The third kappa shape index (κ3) is 2.46. The summed E-state index contributed by atoms with van der Waals surface area (Å²) in [5.74, 6) is 0.531. The van der Waals surface area contributed by atoms with Crippen LogP contribution in [0.2, 0.25) is 0 Å². The van der Waals surface area contributed by atoms with E-state index in [1.807, 2.05) is 0 Å². The van der Waals surface area contributed by atoms with E-state index in [1.165, 1.54) is 12.1 Å². The zero-order valence-electron chi connectivity index (χ0n) is 10.3. The quantitative estimate of drug-likeness (QED) is 0.904.